The molecule has 2 heterocycles. The van der Waals surface area contributed by atoms with Gasteiger partial charge in [0.25, 0.3) is 0 Å². The van der Waals surface area contributed by atoms with Crippen molar-refractivity contribution in [2.24, 2.45) is 5.92 Å². The van der Waals surface area contributed by atoms with Crippen LogP contribution in [0.15, 0.2) is 17.0 Å². The minimum absolute atomic E-state index is 0.0575. The lowest BCUT2D eigenvalue weighted by atomic mass is 9.89. The van der Waals surface area contributed by atoms with Gasteiger partial charge in [-0.1, -0.05) is 53.7 Å². The van der Waals surface area contributed by atoms with Crippen molar-refractivity contribution in [3.8, 4) is 0 Å². The summed E-state index contributed by atoms with van der Waals surface area (Å²) in [7, 11) is -1.11. The van der Waals surface area contributed by atoms with Crippen LogP contribution in [0.3, 0.4) is 0 Å². The van der Waals surface area contributed by atoms with Gasteiger partial charge in [-0.15, -0.1) is 0 Å². The fraction of sp³-hybridized carbons (Fsp3) is 0.750. The Balaban J connectivity index is 0.000000290. The van der Waals surface area contributed by atoms with Crippen molar-refractivity contribution >= 4 is 21.8 Å². The van der Waals surface area contributed by atoms with Crippen molar-refractivity contribution in [1.82, 2.24) is 14.7 Å². The SMILES string of the molecule is CC(C)c1cc(C(C)C)c(S(C)(=O)=O)c(C(C)C)c1.CN1CCN(C(=O)C2CCN(C(=O)OC(C)(C)C)CC2)CC1. The van der Waals surface area contributed by atoms with Gasteiger partial charge >= 0.3 is 6.09 Å². The van der Waals surface area contributed by atoms with E-state index >= 15 is 0 Å². The highest BCUT2D eigenvalue weighted by molar-refractivity contribution is 7.90. The van der Waals surface area contributed by atoms with E-state index in [0.29, 0.717) is 23.9 Å². The summed E-state index contributed by atoms with van der Waals surface area (Å²) in [5, 5.41) is 0. The van der Waals surface area contributed by atoms with E-state index in [1.807, 2.05) is 25.7 Å². The summed E-state index contributed by atoms with van der Waals surface area (Å²) in [4.78, 5) is 31.1. The van der Waals surface area contributed by atoms with E-state index in [0.717, 1.165) is 50.1 Å². The number of nitrogens with zero attached hydrogens (tertiary/aromatic N) is 3. The van der Waals surface area contributed by atoms with Crippen LogP contribution in [0.5, 0.6) is 0 Å². The largest absolute Gasteiger partial charge is 0.444 e. The van der Waals surface area contributed by atoms with Crippen LogP contribution in [0, 0.1) is 5.92 Å². The van der Waals surface area contributed by atoms with E-state index in [-0.39, 0.29) is 29.8 Å². The molecule has 0 bridgehead atoms. The summed E-state index contributed by atoms with van der Waals surface area (Å²) in [5.41, 5.74) is 2.67. The Labute approximate surface area is 249 Å². The number of hydrogen-bond donors (Lipinski definition) is 0. The summed E-state index contributed by atoms with van der Waals surface area (Å²) < 4.78 is 29.7. The molecule has 2 fully saturated rings. The second-order valence-corrected chi connectivity index (χ2v) is 15.6. The molecule has 9 heteroatoms. The smallest absolute Gasteiger partial charge is 0.410 e. The number of piperidine rings is 1. The number of ether oxygens (including phenoxy) is 1. The second-order valence-electron chi connectivity index (χ2n) is 13.6. The average molecular weight is 594 g/mol. The summed E-state index contributed by atoms with van der Waals surface area (Å²) in [6, 6.07) is 4.13. The van der Waals surface area contributed by atoms with Gasteiger partial charge < -0.3 is 19.4 Å². The number of likely N-dealkylation sites (tertiary alicyclic amines) is 1. The van der Waals surface area contributed by atoms with Crippen molar-refractivity contribution in [3.63, 3.8) is 0 Å². The van der Waals surface area contributed by atoms with Gasteiger partial charge in [0, 0.05) is 51.4 Å². The zero-order valence-electron chi connectivity index (χ0n) is 27.4. The number of carbonyl (C=O) groups excluding carboxylic acids is 2. The number of benzene rings is 1. The third kappa shape index (κ3) is 10.3. The minimum Gasteiger partial charge on any atom is -0.444 e. The monoisotopic (exact) mass is 593 g/mol. The maximum absolute atomic E-state index is 12.5. The highest BCUT2D eigenvalue weighted by atomic mass is 32.2. The molecule has 0 radical (unpaired) electrons. The molecule has 0 aromatic heterocycles. The van der Waals surface area contributed by atoms with Crippen molar-refractivity contribution in [3.05, 3.63) is 28.8 Å². The second kappa shape index (κ2) is 14.4. The quantitative estimate of drug-likeness (QED) is 0.425. The number of rotatable bonds is 5. The molecule has 2 aliphatic rings. The highest BCUT2D eigenvalue weighted by Gasteiger charge is 2.32. The van der Waals surface area contributed by atoms with Crippen molar-refractivity contribution in [1.29, 1.82) is 0 Å². The first kappa shape index (κ1) is 35.1. The molecule has 0 saturated carbocycles. The molecular formula is C32H55N3O5S. The van der Waals surface area contributed by atoms with Gasteiger partial charge in [0.05, 0.1) is 4.90 Å². The van der Waals surface area contributed by atoms with E-state index in [1.54, 1.807) is 4.90 Å². The molecule has 0 unspecified atom stereocenters. The molecule has 0 aliphatic carbocycles. The van der Waals surface area contributed by atoms with Gasteiger partial charge in [0.2, 0.25) is 5.91 Å². The van der Waals surface area contributed by atoms with Gasteiger partial charge in [-0.25, -0.2) is 13.2 Å². The van der Waals surface area contributed by atoms with Gasteiger partial charge in [0.1, 0.15) is 5.60 Å². The highest BCUT2D eigenvalue weighted by Crippen LogP contribution is 2.35. The first-order chi connectivity index (χ1) is 18.8. The van der Waals surface area contributed by atoms with Gasteiger partial charge in [-0.3, -0.25) is 4.79 Å². The number of amides is 2. The predicted molar refractivity (Wildman–Crippen MR) is 166 cm³/mol. The van der Waals surface area contributed by atoms with Crippen molar-refractivity contribution in [2.75, 3.05) is 52.6 Å². The Morgan fingerprint density at radius 2 is 1.27 bits per heavy atom. The molecule has 1 aromatic rings. The fourth-order valence-corrected chi connectivity index (χ4v) is 6.68. The molecule has 234 valence electrons. The number of carbonyl (C=O) groups is 2. The van der Waals surface area contributed by atoms with E-state index in [9.17, 15) is 18.0 Å². The molecule has 0 spiro atoms. The minimum atomic E-state index is -3.20. The Hall–Kier alpha value is -2.13. The summed E-state index contributed by atoms with van der Waals surface area (Å²) >= 11 is 0. The Kier molecular flexibility index (Phi) is 12.3. The molecule has 2 amide bonds. The number of piperazine rings is 1. The maximum atomic E-state index is 12.5. The normalized spacial score (nSPS) is 17.6. The maximum Gasteiger partial charge on any atom is 0.410 e. The van der Waals surface area contributed by atoms with Gasteiger partial charge in [-0.2, -0.15) is 0 Å². The fourth-order valence-electron chi connectivity index (χ4n) is 5.24. The van der Waals surface area contributed by atoms with Gasteiger partial charge in [0.15, 0.2) is 9.84 Å². The summed E-state index contributed by atoms with van der Waals surface area (Å²) in [6.45, 7) is 22.9. The Morgan fingerprint density at radius 1 is 0.805 bits per heavy atom. The first-order valence-electron chi connectivity index (χ1n) is 15.1. The molecule has 2 saturated heterocycles. The lowest BCUT2D eigenvalue weighted by molar-refractivity contribution is -0.138. The molecule has 2 aliphatic heterocycles. The molecule has 8 nitrogen and oxygen atoms in total. The van der Waals surface area contributed by atoms with Crippen LogP contribution in [0.4, 0.5) is 4.79 Å². The van der Waals surface area contributed by atoms with Crippen LogP contribution in [-0.2, 0) is 19.4 Å². The van der Waals surface area contributed by atoms with Crippen molar-refractivity contribution in [2.45, 2.75) is 103 Å². The molecule has 41 heavy (non-hydrogen) atoms. The van der Waals surface area contributed by atoms with Crippen LogP contribution in [0.25, 0.3) is 0 Å². The predicted octanol–water partition coefficient (Wildman–Crippen LogP) is 5.87. The van der Waals surface area contributed by atoms with Crippen LogP contribution in [-0.4, -0.2) is 93.3 Å². The summed E-state index contributed by atoms with van der Waals surface area (Å²) in [6.07, 6.45) is 2.53. The average Bonchev–Trinajstić information content (AvgIpc) is 2.86. The first-order valence-corrected chi connectivity index (χ1v) is 17.0. The topological polar surface area (TPSA) is 87.2 Å². The zero-order valence-corrected chi connectivity index (χ0v) is 28.2. The molecular weight excluding hydrogens is 538 g/mol. The molecule has 3 rings (SSSR count). The van der Waals surface area contributed by atoms with Gasteiger partial charge in [-0.05, 0) is 75.1 Å². The van der Waals surface area contributed by atoms with Crippen LogP contribution in [0.1, 0.15) is 110 Å². The molecule has 0 atom stereocenters. The number of sulfone groups is 1. The van der Waals surface area contributed by atoms with Crippen molar-refractivity contribution < 1.29 is 22.7 Å². The third-order valence-corrected chi connectivity index (χ3v) is 8.97. The number of likely N-dealkylation sites (N-methyl/N-ethyl adjacent to an activating group) is 1. The lowest BCUT2D eigenvalue weighted by Gasteiger charge is -2.37. The Morgan fingerprint density at radius 3 is 1.63 bits per heavy atom. The Bertz CT molecular complexity index is 1110. The van der Waals surface area contributed by atoms with E-state index < -0.39 is 15.4 Å². The van der Waals surface area contributed by atoms with E-state index in [2.05, 4.69) is 65.6 Å². The van der Waals surface area contributed by atoms with Crippen LogP contribution >= 0.6 is 0 Å². The molecule has 0 N–H and O–H groups in total. The van der Waals surface area contributed by atoms with Crippen LogP contribution in [0.2, 0.25) is 0 Å². The van der Waals surface area contributed by atoms with Crippen LogP contribution < -0.4 is 0 Å². The van der Waals surface area contributed by atoms with E-state index in [4.69, 9.17) is 4.74 Å². The molecule has 1 aromatic carbocycles. The standard InChI is InChI=1S/C16H29N3O3.C16H26O2S/c1-16(2,3)22-15(21)19-7-5-13(6-8-19)14(20)18-11-9-17(4)10-12-18;1-10(2)13-8-14(11(3)4)16(19(7,17)18)15(9-13)12(5)6/h13H,5-12H2,1-4H3;8-12H,1-7H3. The van der Waals surface area contributed by atoms with E-state index in [1.165, 1.54) is 11.8 Å². The number of hydrogen-bond acceptors (Lipinski definition) is 6. The lowest BCUT2D eigenvalue weighted by Crippen LogP contribution is -2.51. The third-order valence-electron chi connectivity index (χ3n) is 7.76. The zero-order chi connectivity index (χ0) is 31.3. The summed E-state index contributed by atoms with van der Waals surface area (Å²) in [5.74, 6) is 1.14.